The van der Waals surface area contributed by atoms with E-state index in [1.165, 1.54) is 16.7 Å². The summed E-state index contributed by atoms with van der Waals surface area (Å²) in [7, 11) is 0. The first-order valence-electron chi connectivity index (χ1n) is 6.43. The van der Waals surface area contributed by atoms with E-state index < -0.39 is 0 Å². The van der Waals surface area contributed by atoms with Gasteiger partial charge < -0.3 is 10.5 Å². The normalized spacial score (nSPS) is 20.4. The Balaban J connectivity index is 2.54. The smallest absolute Gasteiger partial charge is 0.126 e. The van der Waals surface area contributed by atoms with E-state index in [2.05, 4.69) is 39.8 Å². The molecule has 1 atom stereocenters. The second kappa shape index (κ2) is 4.34. The number of ether oxygens (including phenoxy) is 1. The lowest BCUT2D eigenvalue weighted by molar-refractivity contribution is 0.314. The number of rotatable bonds is 0. The number of hydrogen-bond acceptors (Lipinski definition) is 2. The summed E-state index contributed by atoms with van der Waals surface area (Å²) in [6.45, 7) is 9.61. The molecule has 1 heterocycles. The Kier molecular flexibility index (Phi) is 3.17. The Morgan fingerprint density at radius 2 is 2.00 bits per heavy atom. The van der Waals surface area contributed by atoms with Crippen molar-refractivity contribution in [2.45, 2.75) is 52.0 Å². The molecule has 0 unspecified atom stereocenters. The van der Waals surface area contributed by atoms with Gasteiger partial charge in [0.05, 0.1) is 6.61 Å². The highest BCUT2D eigenvalue weighted by Gasteiger charge is 2.22. The van der Waals surface area contributed by atoms with E-state index in [-0.39, 0.29) is 11.5 Å². The molecule has 0 saturated carbocycles. The molecule has 17 heavy (non-hydrogen) atoms. The fraction of sp³-hybridized carbons (Fsp3) is 0.600. The third-order valence-electron chi connectivity index (χ3n) is 3.47. The van der Waals surface area contributed by atoms with Crippen LogP contribution in [0.25, 0.3) is 0 Å². The van der Waals surface area contributed by atoms with Crippen LogP contribution in [0.3, 0.4) is 0 Å². The summed E-state index contributed by atoms with van der Waals surface area (Å²) in [4.78, 5) is 0. The minimum Gasteiger partial charge on any atom is -0.493 e. The Hall–Kier alpha value is -1.02. The molecule has 0 spiro atoms. The monoisotopic (exact) mass is 233 g/mol. The molecule has 0 saturated heterocycles. The van der Waals surface area contributed by atoms with Gasteiger partial charge >= 0.3 is 0 Å². The quantitative estimate of drug-likeness (QED) is 0.744. The van der Waals surface area contributed by atoms with Gasteiger partial charge in [0.2, 0.25) is 0 Å². The van der Waals surface area contributed by atoms with Crippen molar-refractivity contribution in [2.24, 2.45) is 5.73 Å². The van der Waals surface area contributed by atoms with Crippen molar-refractivity contribution in [2.75, 3.05) is 6.61 Å². The van der Waals surface area contributed by atoms with Crippen LogP contribution in [-0.2, 0) is 5.41 Å². The summed E-state index contributed by atoms with van der Waals surface area (Å²) in [5, 5.41) is 0. The van der Waals surface area contributed by atoms with Gasteiger partial charge in [0, 0.05) is 11.6 Å². The van der Waals surface area contributed by atoms with Crippen LogP contribution in [0.4, 0.5) is 0 Å². The maximum Gasteiger partial charge on any atom is 0.126 e. The average molecular weight is 233 g/mol. The zero-order valence-electron chi connectivity index (χ0n) is 11.3. The highest BCUT2D eigenvalue weighted by Crippen LogP contribution is 2.36. The first kappa shape index (κ1) is 12.4. The van der Waals surface area contributed by atoms with E-state index in [1.54, 1.807) is 0 Å². The molecule has 0 aliphatic carbocycles. The third kappa shape index (κ3) is 2.47. The highest BCUT2D eigenvalue weighted by atomic mass is 16.5. The highest BCUT2D eigenvalue weighted by molar-refractivity contribution is 5.47. The van der Waals surface area contributed by atoms with Gasteiger partial charge in [-0.05, 0) is 42.4 Å². The number of aryl methyl sites for hydroxylation is 1. The zero-order valence-corrected chi connectivity index (χ0v) is 11.3. The molecule has 1 aliphatic rings. The Morgan fingerprint density at radius 3 is 2.65 bits per heavy atom. The summed E-state index contributed by atoms with van der Waals surface area (Å²) in [5.41, 5.74) is 10.1. The van der Waals surface area contributed by atoms with Crippen LogP contribution in [0, 0.1) is 6.92 Å². The van der Waals surface area contributed by atoms with Crippen LogP contribution in [0.15, 0.2) is 12.1 Å². The number of fused-ring (bicyclic) bond motifs is 1. The van der Waals surface area contributed by atoms with E-state index in [0.29, 0.717) is 0 Å². The van der Waals surface area contributed by atoms with Crippen molar-refractivity contribution in [1.29, 1.82) is 0 Å². The van der Waals surface area contributed by atoms with Crippen molar-refractivity contribution in [3.63, 3.8) is 0 Å². The fourth-order valence-corrected chi connectivity index (χ4v) is 2.34. The lowest BCUT2D eigenvalue weighted by atomic mass is 9.83. The second-order valence-corrected chi connectivity index (χ2v) is 6.06. The van der Waals surface area contributed by atoms with Gasteiger partial charge in [-0.15, -0.1) is 0 Å². The van der Waals surface area contributed by atoms with Crippen LogP contribution in [0.1, 0.15) is 56.3 Å². The van der Waals surface area contributed by atoms with Crippen LogP contribution in [0.5, 0.6) is 5.75 Å². The average Bonchev–Trinajstić information content (AvgIpc) is 2.40. The van der Waals surface area contributed by atoms with Crippen LogP contribution in [0.2, 0.25) is 0 Å². The summed E-state index contributed by atoms with van der Waals surface area (Å²) in [6, 6.07) is 4.59. The van der Waals surface area contributed by atoms with Gasteiger partial charge in [0.1, 0.15) is 5.75 Å². The molecule has 0 fully saturated rings. The molecular weight excluding hydrogens is 210 g/mol. The zero-order chi connectivity index (χ0) is 12.6. The van der Waals surface area contributed by atoms with Crippen molar-refractivity contribution in [3.8, 4) is 5.75 Å². The predicted octanol–water partition coefficient (Wildman–Crippen LogP) is 3.46. The van der Waals surface area contributed by atoms with Gasteiger partial charge in [-0.2, -0.15) is 0 Å². The SMILES string of the molecule is Cc1cc(C(C)(C)C)cc2c1OCCC[C@@H]2N. The number of hydrogen-bond donors (Lipinski definition) is 1. The molecular formula is C15H23NO. The summed E-state index contributed by atoms with van der Waals surface area (Å²) in [5.74, 6) is 1.02. The van der Waals surface area contributed by atoms with Gasteiger partial charge in [-0.25, -0.2) is 0 Å². The fourth-order valence-electron chi connectivity index (χ4n) is 2.34. The van der Waals surface area contributed by atoms with Crippen LogP contribution >= 0.6 is 0 Å². The first-order chi connectivity index (χ1) is 7.89. The lowest BCUT2D eigenvalue weighted by Crippen LogP contribution is -2.15. The molecule has 2 nitrogen and oxygen atoms in total. The van der Waals surface area contributed by atoms with E-state index >= 15 is 0 Å². The van der Waals surface area contributed by atoms with E-state index in [1.807, 2.05) is 0 Å². The largest absolute Gasteiger partial charge is 0.493 e. The summed E-state index contributed by atoms with van der Waals surface area (Å²) < 4.78 is 5.84. The molecule has 2 N–H and O–H groups in total. The molecule has 0 aromatic heterocycles. The minimum atomic E-state index is 0.119. The van der Waals surface area contributed by atoms with Crippen molar-refractivity contribution in [3.05, 3.63) is 28.8 Å². The number of nitrogens with two attached hydrogens (primary N) is 1. The standard InChI is InChI=1S/C15H23NO/c1-10-8-11(15(2,3)4)9-12-13(16)6-5-7-17-14(10)12/h8-9,13H,5-7,16H2,1-4H3/t13-/m0/s1. The number of benzene rings is 1. The van der Waals surface area contributed by atoms with E-state index in [4.69, 9.17) is 10.5 Å². The van der Waals surface area contributed by atoms with Gasteiger partial charge in [-0.3, -0.25) is 0 Å². The predicted molar refractivity (Wildman–Crippen MR) is 71.5 cm³/mol. The molecule has 94 valence electrons. The second-order valence-electron chi connectivity index (χ2n) is 6.06. The van der Waals surface area contributed by atoms with Crippen LogP contribution < -0.4 is 10.5 Å². The molecule has 2 rings (SSSR count). The Bertz CT molecular complexity index is 418. The maximum absolute atomic E-state index is 6.25. The molecule has 0 radical (unpaired) electrons. The molecule has 1 aliphatic heterocycles. The molecule has 1 aromatic carbocycles. The summed E-state index contributed by atoms with van der Waals surface area (Å²) in [6.07, 6.45) is 2.06. The van der Waals surface area contributed by atoms with Gasteiger partial charge in [0.25, 0.3) is 0 Å². The van der Waals surface area contributed by atoms with Gasteiger partial charge in [0.15, 0.2) is 0 Å². The first-order valence-corrected chi connectivity index (χ1v) is 6.43. The Labute approximate surface area is 104 Å². The van der Waals surface area contributed by atoms with E-state index in [0.717, 1.165) is 25.2 Å². The molecule has 0 bridgehead atoms. The topological polar surface area (TPSA) is 35.2 Å². The lowest BCUT2D eigenvalue weighted by Gasteiger charge is -2.23. The molecule has 2 heteroatoms. The van der Waals surface area contributed by atoms with Gasteiger partial charge in [-0.1, -0.05) is 26.8 Å². The minimum absolute atomic E-state index is 0.119. The molecule has 0 amide bonds. The van der Waals surface area contributed by atoms with Crippen molar-refractivity contribution >= 4 is 0 Å². The molecule has 1 aromatic rings. The van der Waals surface area contributed by atoms with E-state index in [9.17, 15) is 0 Å². The van der Waals surface area contributed by atoms with Crippen molar-refractivity contribution < 1.29 is 4.74 Å². The Morgan fingerprint density at radius 1 is 1.29 bits per heavy atom. The maximum atomic E-state index is 6.25. The summed E-state index contributed by atoms with van der Waals surface area (Å²) >= 11 is 0. The van der Waals surface area contributed by atoms with Crippen LogP contribution in [-0.4, -0.2) is 6.61 Å². The van der Waals surface area contributed by atoms with Crippen molar-refractivity contribution in [1.82, 2.24) is 0 Å². The third-order valence-corrected chi connectivity index (χ3v) is 3.47.